The summed E-state index contributed by atoms with van der Waals surface area (Å²) in [6, 6.07) is 99.1. The number of carbonyl (C=O) groups is 8. The van der Waals surface area contributed by atoms with E-state index in [0.717, 1.165) is 87.0 Å². The van der Waals surface area contributed by atoms with E-state index in [0.29, 0.717) is 63.0 Å². The van der Waals surface area contributed by atoms with Crippen molar-refractivity contribution in [1.29, 1.82) is 0 Å². The molecular weight excluding hydrogens is 1650 g/mol. The first-order chi connectivity index (χ1) is 60.2. The first-order valence-corrected chi connectivity index (χ1v) is 39.5. The van der Waals surface area contributed by atoms with Gasteiger partial charge in [-0.25, -0.2) is 59.1 Å². The highest BCUT2D eigenvalue weighted by Crippen LogP contribution is 2.37. The summed E-state index contributed by atoms with van der Waals surface area (Å²) in [6.07, 6.45) is 4.09. The van der Waals surface area contributed by atoms with Gasteiger partial charge in [-0.05, 0) is 151 Å². The topological polar surface area (TPSA) is 315 Å². The molecule has 2 aliphatic rings. The summed E-state index contributed by atoms with van der Waals surface area (Å²) < 4.78 is 6.21. The van der Waals surface area contributed by atoms with E-state index < -0.39 is 47.4 Å². The number of fused-ring (bicyclic) bond motifs is 2. The van der Waals surface area contributed by atoms with E-state index in [9.17, 15) is 53.7 Å². The number of hydrogen-bond acceptors (Lipinski definition) is 16. The molecule has 18 rings (SSSR count). The Morgan fingerprint density at radius 2 is 0.629 bits per heavy atom. The molecular formula is C100H64BrClN10O12. The van der Waals surface area contributed by atoms with E-state index >= 15 is 0 Å². The first-order valence-electron chi connectivity index (χ1n) is 38.4. The van der Waals surface area contributed by atoms with Crippen molar-refractivity contribution >= 4 is 104 Å². The van der Waals surface area contributed by atoms with Gasteiger partial charge in [-0.15, -0.1) is 0 Å². The van der Waals surface area contributed by atoms with Gasteiger partial charge in [-0.2, -0.15) is 0 Å². The van der Waals surface area contributed by atoms with Crippen LogP contribution in [0.3, 0.4) is 0 Å². The Kier molecular flexibility index (Phi) is 23.6. The maximum atomic E-state index is 13.2. The number of carboxylic acids is 3. The van der Waals surface area contributed by atoms with Gasteiger partial charge < -0.3 is 25.4 Å². The minimum absolute atomic E-state index is 0.0274. The number of methoxy groups -OCH3 is 1. The lowest BCUT2D eigenvalue weighted by Gasteiger charge is -2.15. The summed E-state index contributed by atoms with van der Waals surface area (Å²) in [5.74, 6) is -2.55. The number of aromatic nitrogens is 7. The Hall–Kier alpha value is -16.5. The Morgan fingerprint density at radius 3 is 1.00 bits per heavy atom. The largest absolute Gasteiger partial charge is 0.497 e. The number of benzene rings is 13. The van der Waals surface area contributed by atoms with E-state index in [4.69, 9.17) is 36.3 Å². The van der Waals surface area contributed by atoms with E-state index in [-0.39, 0.29) is 49.7 Å². The van der Waals surface area contributed by atoms with Crippen LogP contribution in [0, 0.1) is 0 Å². The number of amides is 5. The van der Waals surface area contributed by atoms with Crippen LogP contribution in [0.1, 0.15) is 94.0 Å². The summed E-state index contributed by atoms with van der Waals surface area (Å²) in [4.78, 5) is 135. The number of nitrogens with one attached hydrogen (secondary N) is 1. The van der Waals surface area contributed by atoms with Crippen molar-refractivity contribution < 1.29 is 58.4 Å². The Bertz CT molecular complexity index is 6820. The standard InChI is InChI=1S/C40H27N3O5.C30H19BrClN3O3.C30H18N4O4/c1-48-32-20-11-26(12-21-32)8-7-25-9-13-27(14-10-25)35-24-36(42-37(41-35)29-5-3-2-4-6-29)28-15-18-31(19-16-28)43-38(44)33-22-17-30(40(46)47)23-34(33)39(43)45;31-23-13-10-19(11-14-23)26-17-25(33-28(34-26)20-4-2-1-3-5-20)18-6-8-21(9-7-18)29(36)35-27-16-22(30(37)38)12-15-24(27)32;35-28-23-16-13-21(30(37)38)17-24(23)29(36)34(28)22-14-11-20(12-15-22)27-32-25(18-7-3-1-4-8-18)31-26(33-27)19-9-5-2-6-10-19/h2-24H,1H3,(H,46,47);1-17H,(H,35,36)(H,37,38);1-17H,(H,37,38)/b8-7+;;. The first kappa shape index (κ1) is 81.3. The number of imide groups is 2. The molecule has 600 valence electrons. The van der Waals surface area contributed by atoms with Gasteiger partial charge in [-0.3, -0.25) is 24.0 Å². The normalized spacial score (nSPS) is 11.9. The molecule has 0 bridgehead atoms. The van der Waals surface area contributed by atoms with Gasteiger partial charge in [0.25, 0.3) is 29.5 Å². The third-order valence-corrected chi connectivity index (χ3v) is 21.0. The molecule has 0 aliphatic carbocycles. The van der Waals surface area contributed by atoms with Crippen LogP contribution < -0.4 is 19.9 Å². The highest BCUT2D eigenvalue weighted by molar-refractivity contribution is 9.10. The Labute approximate surface area is 721 Å². The Balaban J connectivity index is 0.000000139. The van der Waals surface area contributed by atoms with Crippen molar-refractivity contribution in [3.05, 3.63) is 399 Å². The molecule has 124 heavy (non-hydrogen) atoms. The van der Waals surface area contributed by atoms with Crippen molar-refractivity contribution in [3.63, 3.8) is 0 Å². The summed E-state index contributed by atoms with van der Waals surface area (Å²) in [7, 11) is 1.65. The monoisotopic (exact) mass is 1710 g/mol. The molecule has 4 N–H and O–H groups in total. The molecule has 0 saturated carbocycles. The molecule has 16 aromatic rings. The zero-order chi connectivity index (χ0) is 86.1. The van der Waals surface area contributed by atoms with E-state index in [1.54, 1.807) is 67.8 Å². The van der Waals surface area contributed by atoms with E-state index in [1.165, 1.54) is 54.6 Å². The second kappa shape index (κ2) is 36.0. The van der Waals surface area contributed by atoms with Gasteiger partial charge in [-0.1, -0.05) is 234 Å². The Morgan fingerprint density at radius 1 is 0.331 bits per heavy atom. The number of hydrogen-bond donors (Lipinski definition) is 4. The maximum absolute atomic E-state index is 13.2. The van der Waals surface area contributed by atoms with Crippen LogP contribution in [-0.2, 0) is 0 Å². The van der Waals surface area contributed by atoms with Crippen LogP contribution in [0.25, 0.3) is 114 Å². The minimum atomic E-state index is -1.17. The fourth-order valence-corrected chi connectivity index (χ4v) is 14.1. The number of anilines is 3. The SMILES string of the molecule is COc1ccc(/C=C/c2ccc(-c3cc(-c4ccc(N5C(=O)c6ccc(C(=O)O)cc6C5=O)cc4)nc(-c4ccccc4)n3)cc2)cc1.O=C(O)c1ccc(Cl)c(NC(=O)c2ccc(-c3cc(-c4ccc(Br)cc4)nc(-c4ccccc4)n3)cc2)c1.O=C(O)c1ccc2c(c1)C(=O)N(c1ccc(-c3nc(-c4ccccc4)nc(-c4ccccc4)n3)cc1)C2=O. The number of nitrogens with zero attached hydrogens (tertiary/aromatic N) is 9. The van der Waals surface area contributed by atoms with Crippen LogP contribution in [0.15, 0.2) is 338 Å². The van der Waals surface area contributed by atoms with E-state index in [2.05, 4.69) is 36.2 Å². The second-order valence-corrected chi connectivity index (χ2v) is 29.4. The molecule has 22 nitrogen and oxygen atoms in total. The summed E-state index contributed by atoms with van der Waals surface area (Å²) in [6.45, 7) is 0. The molecule has 24 heteroatoms. The molecule has 3 aromatic heterocycles. The zero-order valence-electron chi connectivity index (χ0n) is 65.2. The van der Waals surface area contributed by atoms with Gasteiger partial charge in [0.15, 0.2) is 29.1 Å². The van der Waals surface area contributed by atoms with Gasteiger partial charge in [0.05, 0.1) is 90.9 Å². The smallest absolute Gasteiger partial charge is 0.335 e. The fourth-order valence-electron chi connectivity index (χ4n) is 13.6. The molecule has 0 radical (unpaired) electrons. The molecule has 0 atom stereocenters. The molecule has 2 aliphatic heterocycles. The number of carbonyl (C=O) groups excluding carboxylic acids is 5. The molecule has 5 amide bonds. The summed E-state index contributed by atoms with van der Waals surface area (Å²) in [5, 5.41) is 30.7. The van der Waals surface area contributed by atoms with Crippen molar-refractivity contribution in [2.24, 2.45) is 0 Å². The molecule has 5 heterocycles. The van der Waals surface area contributed by atoms with Gasteiger partial charge in [0, 0.05) is 60.1 Å². The highest BCUT2D eigenvalue weighted by atomic mass is 79.9. The average molecular weight is 1710 g/mol. The molecule has 0 fully saturated rings. The number of carboxylic acid groups (broad SMARTS) is 3. The van der Waals surface area contributed by atoms with Crippen molar-refractivity contribution in [3.8, 4) is 108 Å². The van der Waals surface area contributed by atoms with Crippen LogP contribution >= 0.6 is 27.5 Å². The van der Waals surface area contributed by atoms with Gasteiger partial charge >= 0.3 is 17.9 Å². The van der Waals surface area contributed by atoms with E-state index in [1.807, 2.05) is 231 Å². The number of rotatable bonds is 19. The van der Waals surface area contributed by atoms with Gasteiger partial charge in [0.2, 0.25) is 0 Å². The lowest BCUT2D eigenvalue weighted by Crippen LogP contribution is -2.29. The second-order valence-electron chi connectivity index (χ2n) is 28.1. The maximum Gasteiger partial charge on any atom is 0.335 e. The van der Waals surface area contributed by atoms with Crippen molar-refractivity contribution in [1.82, 2.24) is 34.9 Å². The predicted octanol–water partition coefficient (Wildman–Crippen LogP) is 21.4. The van der Waals surface area contributed by atoms with Crippen LogP contribution in [0.5, 0.6) is 5.75 Å². The average Bonchev–Trinajstić information content (AvgIpc) is 1.61. The molecule has 13 aromatic carbocycles. The number of halogens is 2. The number of ether oxygens (including phenoxy) is 1. The van der Waals surface area contributed by atoms with Gasteiger partial charge in [0.1, 0.15) is 5.75 Å². The summed E-state index contributed by atoms with van der Waals surface area (Å²) in [5.41, 5.74) is 14.3. The molecule has 0 spiro atoms. The quantitative estimate of drug-likeness (QED) is 0.0432. The lowest BCUT2D eigenvalue weighted by atomic mass is 10.0. The predicted molar refractivity (Wildman–Crippen MR) is 478 cm³/mol. The van der Waals surface area contributed by atoms with Crippen LogP contribution in [0.4, 0.5) is 17.1 Å². The van der Waals surface area contributed by atoms with Crippen molar-refractivity contribution in [2.75, 3.05) is 22.2 Å². The van der Waals surface area contributed by atoms with Crippen LogP contribution in [-0.4, -0.2) is 105 Å². The lowest BCUT2D eigenvalue weighted by molar-refractivity contribution is 0.0686. The van der Waals surface area contributed by atoms with Crippen molar-refractivity contribution in [2.45, 2.75) is 0 Å². The molecule has 0 saturated heterocycles. The summed E-state index contributed by atoms with van der Waals surface area (Å²) >= 11 is 9.63. The fraction of sp³-hybridized carbons (Fsp3) is 0.0100. The molecule has 0 unspecified atom stereocenters. The zero-order valence-corrected chi connectivity index (χ0v) is 67.5. The highest BCUT2D eigenvalue weighted by Gasteiger charge is 2.39. The van der Waals surface area contributed by atoms with Crippen LogP contribution in [0.2, 0.25) is 5.02 Å². The third-order valence-electron chi connectivity index (χ3n) is 20.1. The third kappa shape index (κ3) is 17.9. The minimum Gasteiger partial charge on any atom is -0.497 e. The number of aromatic carboxylic acids is 3.